The standard InChI is InChI=1S/C19H21ClN6OS/c20-14-4-2-13(3-5-14)16-12-26-18(22-16)28-19(23-26)24-10-6-15(7-11-24)25-9-1-8-21-17(25)27/h2-5,12,15H,1,6-11H2,(H,21,27). The van der Waals surface area contributed by atoms with Crippen LogP contribution in [0.2, 0.25) is 5.02 Å². The molecule has 2 amide bonds. The van der Waals surface area contributed by atoms with Crippen molar-refractivity contribution in [2.75, 3.05) is 31.1 Å². The first-order chi connectivity index (χ1) is 13.7. The number of rotatable bonds is 3. The molecule has 2 saturated heterocycles. The van der Waals surface area contributed by atoms with Crippen LogP contribution in [0.5, 0.6) is 0 Å². The molecular formula is C19H21ClN6OS. The Balaban J connectivity index is 1.27. The van der Waals surface area contributed by atoms with E-state index in [0.717, 1.165) is 71.8 Å². The first kappa shape index (κ1) is 17.8. The summed E-state index contributed by atoms with van der Waals surface area (Å²) in [6.07, 6.45) is 4.95. The number of fused-ring (bicyclic) bond motifs is 1. The summed E-state index contributed by atoms with van der Waals surface area (Å²) in [7, 11) is 0. The highest BCUT2D eigenvalue weighted by Crippen LogP contribution is 2.30. The highest BCUT2D eigenvalue weighted by Gasteiger charge is 2.30. The molecule has 2 aromatic heterocycles. The Labute approximate surface area is 171 Å². The molecule has 146 valence electrons. The zero-order chi connectivity index (χ0) is 19.1. The topological polar surface area (TPSA) is 65.8 Å². The number of amides is 2. The van der Waals surface area contributed by atoms with Crippen molar-refractivity contribution in [3.05, 3.63) is 35.5 Å². The number of hydrogen-bond acceptors (Lipinski definition) is 5. The van der Waals surface area contributed by atoms with Crippen molar-refractivity contribution in [3.63, 3.8) is 0 Å². The van der Waals surface area contributed by atoms with Gasteiger partial charge in [0, 0.05) is 42.8 Å². The SMILES string of the molecule is O=C1NCCCN1C1CCN(c2nn3cc(-c4ccc(Cl)cc4)nc3s2)CC1. The van der Waals surface area contributed by atoms with E-state index in [1.807, 2.05) is 39.9 Å². The van der Waals surface area contributed by atoms with E-state index < -0.39 is 0 Å². The Kier molecular flexibility index (Phi) is 4.60. The summed E-state index contributed by atoms with van der Waals surface area (Å²) in [5.74, 6) is 0. The number of aromatic nitrogens is 3. The van der Waals surface area contributed by atoms with Gasteiger partial charge in [0.05, 0.1) is 11.9 Å². The summed E-state index contributed by atoms with van der Waals surface area (Å²) < 4.78 is 1.86. The lowest BCUT2D eigenvalue weighted by Crippen LogP contribution is -2.54. The second-order valence-corrected chi connectivity index (χ2v) is 8.61. The van der Waals surface area contributed by atoms with Crippen molar-refractivity contribution in [2.45, 2.75) is 25.3 Å². The molecule has 0 saturated carbocycles. The summed E-state index contributed by atoms with van der Waals surface area (Å²) in [4.78, 5) is 22.0. The normalized spacial score (nSPS) is 18.7. The maximum absolute atomic E-state index is 12.1. The smallest absolute Gasteiger partial charge is 0.317 e. The third-order valence-electron chi connectivity index (χ3n) is 5.46. The minimum Gasteiger partial charge on any atom is -0.347 e. The van der Waals surface area contributed by atoms with Gasteiger partial charge in [-0.2, -0.15) is 0 Å². The molecule has 0 spiro atoms. The number of hydrogen-bond donors (Lipinski definition) is 1. The molecule has 2 aliphatic rings. The predicted molar refractivity (Wildman–Crippen MR) is 111 cm³/mol. The Hall–Kier alpha value is -2.32. The van der Waals surface area contributed by atoms with Crippen LogP contribution in [0.15, 0.2) is 30.5 Å². The Bertz CT molecular complexity index is 960. The van der Waals surface area contributed by atoms with E-state index in [9.17, 15) is 4.79 Å². The number of urea groups is 1. The molecule has 2 fully saturated rings. The summed E-state index contributed by atoms with van der Waals surface area (Å²) in [5.41, 5.74) is 1.93. The van der Waals surface area contributed by atoms with Crippen molar-refractivity contribution in [3.8, 4) is 11.3 Å². The molecule has 0 radical (unpaired) electrons. The van der Waals surface area contributed by atoms with Gasteiger partial charge in [0.15, 0.2) is 0 Å². The van der Waals surface area contributed by atoms with Crippen LogP contribution in [0.1, 0.15) is 19.3 Å². The van der Waals surface area contributed by atoms with Crippen LogP contribution in [0.3, 0.4) is 0 Å². The average Bonchev–Trinajstić information content (AvgIpc) is 3.28. The van der Waals surface area contributed by atoms with Gasteiger partial charge in [-0.25, -0.2) is 14.3 Å². The molecular weight excluding hydrogens is 396 g/mol. The van der Waals surface area contributed by atoms with Crippen molar-refractivity contribution in [2.24, 2.45) is 0 Å². The van der Waals surface area contributed by atoms with Crippen LogP contribution in [-0.4, -0.2) is 57.7 Å². The fourth-order valence-corrected chi connectivity index (χ4v) is 5.00. The second-order valence-electron chi connectivity index (χ2n) is 7.24. The number of benzene rings is 1. The lowest BCUT2D eigenvalue weighted by atomic mass is 10.0. The van der Waals surface area contributed by atoms with Gasteiger partial charge in [-0.15, -0.1) is 5.10 Å². The fourth-order valence-electron chi connectivity index (χ4n) is 3.94. The maximum Gasteiger partial charge on any atom is 0.317 e. The van der Waals surface area contributed by atoms with Gasteiger partial charge in [0.1, 0.15) is 0 Å². The molecule has 0 bridgehead atoms. The van der Waals surface area contributed by atoms with Crippen LogP contribution in [0, 0.1) is 0 Å². The number of nitrogens with zero attached hydrogens (tertiary/aromatic N) is 5. The van der Waals surface area contributed by atoms with E-state index in [1.54, 1.807) is 11.3 Å². The number of halogens is 1. The summed E-state index contributed by atoms with van der Waals surface area (Å²) in [5, 5.41) is 9.40. The molecule has 9 heteroatoms. The van der Waals surface area contributed by atoms with Gasteiger partial charge in [0.2, 0.25) is 10.1 Å². The zero-order valence-electron chi connectivity index (χ0n) is 15.3. The summed E-state index contributed by atoms with van der Waals surface area (Å²) >= 11 is 7.57. The van der Waals surface area contributed by atoms with E-state index in [2.05, 4.69) is 10.2 Å². The summed E-state index contributed by atoms with van der Waals surface area (Å²) in [6.45, 7) is 3.49. The van der Waals surface area contributed by atoms with E-state index in [4.69, 9.17) is 21.7 Å². The molecule has 2 aliphatic heterocycles. The minimum absolute atomic E-state index is 0.0900. The van der Waals surface area contributed by atoms with Gasteiger partial charge in [0.25, 0.3) is 0 Å². The number of anilines is 1. The van der Waals surface area contributed by atoms with E-state index >= 15 is 0 Å². The van der Waals surface area contributed by atoms with Gasteiger partial charge in [-0.3, -0.25) is 0 Å². The summed E-state index contributed by atoms with van der Waals surface area (Å²) in [6, 6.07) is 8.10. The average molecular weight is 417 g/mol. The van der Waals surface area contributed by atoms with Crippen LogP contribution >= 0.6 is 22.9 Å². The second kappa shape index (κ2) is 7.25. The third-order valence-corrected chi connectivity index (χ3v) is 6.70. The number of imidazole rings is 1. The predicted octanol–water partition coefficient (Wildman–Crippen LogP) is 3.50. The largest absolute Gasteiger partial charge is 0.347 e. The van der Waals surface area contributed by atoms with Gasteiger partial charge < -0.3 is 15.1 Å². The molecule has 1 N–H and O–H groups in total. The number of piperidine rings is 1. The quantitative estimate of drug-likeness (QED) is 0.709. The molecule has 4 heterocycles. The molecule has 7 nitrogen and oxygen atoms in total. The first-order valence-corrected chi connectivity index (χ1v) is 10.8. The van der Waals surface area contributed by atoms with E-state index in [-0.39, 0.29) is 6.03 Å². The van der Waals surface area contributed by atoms with Crippen LogP contribution < -0.4 is 10.2 Å². The molecule has 1 aromatic carbocycles. The van der Waals surface area contributed by atoms with E-state index in [1.165, 1.54) is 0 Å². The van der Waals surface area contributed by atoms with Crippen molar-refractivity contribution >= 4 is 39.1 Å². The molecule has 3 aromatic rings. The zero-order valence-corrected chi connectivity index (χ0v) is 16.9. The van der Waals surface area contributed by atoms with E-state index in [0.29, 0.717) is 6.04 Å². The Morgan fingerprint density at radius 2 is 1.93 bits per heavy atom. The fraction of sp³-hybridized carbons (Fsp3) is 0.421. The van der Waals surface area contributed by atoms with Crippen molar-refractivity contribution < 1.29 is 4.79 Å². The maximum atomic E-state index is 12.1. The monoisotopic (exact) mass is 416 g/mol. The number of nitrogens with one attached hydrogen (secondary N) is 1. The Morgan fingerprint density at radius 1 is 1.14 bits per heavy atom. The minimum atomic E-state index is 0.0900. The van der Waals surface area contributed by atoms with Crippen molar-refractivity contribution in [1.82, 2.24) is 24.8 Å². The number of carbonyl (C=O) groups excluding carboxylic acids is 1. The lowest BCUT2D eigenvalue weighted by Gasteiger charge is -2.40. The molecule has 0 unspecified atom stereocenters. The molecule has 5 rings (SSSR count). The Morgan fingerprint density at radius 3 is 2.64 bits per heavy atom. The first-order valence-electron chi connectivity index (χ1n) is 9.59. The highest BCUT2D eigenvalue weighted by atomic mass is 35.5. The van der Waals surface area contributed by atoms with Gasteiger partial charge in [-0.1, -0.05) is 35.1 Å². The molecule has 28 heavy (non-hydrogen) atoms. The van der Waals surface area contributed by atoms with Crippen LogP contribution in [0.4, 0.5) is 9.93 Å². The van der Waals surface area contributed by atoms with Crippen LogP contribution in [0.25, 0.3) is 16.2 Å². The van der Waals surface area contributed by atoms with Gasteiger partial charge in [-0.05, 0) is 31.4 Å². The van der Waals surface area contributed by atoms with Gasteiger partial charge >= 0.3 is 6.03 Å². The highest BCUT2D eigenvalue weighted by molar-refractivity contribution is 7.20. The molecule has 0 aliphatic carbocycles. The number of carbonyl (C=O) groups is 1. The lowest BCUT2D eigenvalue weighted by molar-refractivity contribution is 0.149. The van der Waals surface area contributed by atoms with Crippen molar-refractivity contribution in [1.29, 1.82) is 0 Å². The third kappa shape index (κ3) is 3.31. The molecule has 0 atom stereocenters. The van der Waals surface area contributed by atoms with Crippen LogP contribution in [-0.2, 0) is 0 Å².